The highest BCUT2D eigenvalue weighted by Crippen LogP contribution is 2.23. The van der Waals surface area contributed by atoms with Gasteiger partial charge in [0.1, 0.15) is 0 Å². The van der Waals surface area contributed by atoms with E-state index in [-0.39, 0.29) is 17.2 Å². The number of hydrogen-bond acceptors (Lipinski definition) is 6. The largest absolute Gasteiger partial charge is 0.415 e. The first-order valence-corrected chi connectivity index (χ1v) is 9.20. The summed E-state index contributed by atoms with van der Waals surface area (Å²) < 4.78 is 5.47. The van der Waals surface area contributed by atoms with Crippen LogP contribution in [0.15, 0.2) is 40.0 Å². The van der Waals surface area contributed by atoms with Gasteiger partial charge in [-0.3, -0.25) is 4.79 Å². The zero-order chi connectivity index (χ0) is 15.9. The molecule has 0 fully saturated rings. The van der Waals surface area contributed by atoms with E-state index in [1.807, 2.05) is 50.4 Å². The Morgan fingerprint density at radius 3 is 2.68 bits per heavy atom. The van der Waals surface area contributed by atoms with Crippen LogP contribution in [0.4, 0.5) is 0 Å². The second-order valence-electron chi connectivity index (χ2n) is 4.80. The summed E-state index contributed by atoms with van der Waals surface area (Å²) in [6.45, 7) is 3.80. The van der Waals surface area contributed by atoms with Crippen molar-refractivity contribution in [1.29, 1.82) is 0 Å². The van der Waals surface area contributed by atoms with Gasteiger partial charge in [0.15, 0.2) is 0 Å². The van der Waals surface area contributed by atoms with Gasteiger partial charge in [0.05, 0.1) is 17.0 Å². The molecule has 1 N–H and O–H groups in total. The predicted octanol–water partition coefficient (Wildman–Crippen LogP) is 3.29. The highest BCUT2D eigenvalue weighted by atomic mass is 32.2. The predicted molar refractivity (Wildman–Crippen MR) is 89.8 cm³/mol. The van der Waals surface area contributed by atoms with Crippen molar-refractivity contribution < 1.29 is 9.21 Å². The van der Waals surface area contributed by atoms with Crippen LogP contribution in [0.25, 0.3) is 0 Å². The van der Waals surface area contributed by atoms with Gasteiger partial charge in [0.25, 0.3) is 5.22 Å². The molecule has 118 valence electrons. The molecule has 2 aromatic rings. The minimum absolute atomic E-state index is 0.0357. The second-order valence-corrected chi connectivity index (χ2v) is 6.95. The molecule has 1 amide bonds. The minimum atomic E-state index is -0.297. The van der Waals surface area contributed by atoms with Crippen LogP contribution in [0.3, 0.4) is 0 Å². The number of nitrogens with one attached hydrogen (secondary N) is 1. The molecule has 2 rings (SSSR count). The SMILES string of the molecule is CSCc1nnc(SC(C)C(=O)NC(C)c2ccccc2)o1. The molecule has 0 saturated carbocycles. The van der Waals surface area contributed by atoms with Crippen LogP contribution in [-0.4, -0.2) is 27.6 Å². The Bertz CT molecular complexity index is 604. The minimum Gasteiger partial charge on any atom is -0.415 e. The molecule has 1 aromatic carbocycles. The number of hydrogen-bond donors (Lipinski definition) is 1. The van der Waals surface area contributed by atoms with E-state index >= 15 is 0 Å². The normalized spacial score (nSPS) is 13.6. The van der Waals surface area contributed by atoms with Crippen LogP contribution in [0, 0.1) is 0 Å². The lowest BCUT2D eigenvalue weighted by molar-refractivity contribution is -0.120. The fourth-order valence-electron chi connectivity index (χ4n) is 1.83. The van der Waals surface area contributed by atoms with Gasteiger partial charge < -0.3 is 9.73 Å². The summed E-state index contributed by atoms with van der Waals surface area (Å²) in [5, 5.41) is 11.0. The third kappa shape index (κ3) is 4.78. The third-order valence-corrected chi connectivity index (χ3v) is 4.49. The summed E-state index contributed by atoms with van der Waals surface area (Å²) in [6.07, 6.45) is 1.97. The van der Waals surface area contributed by atoms with E-state index in [4.69, 9.17) is 4.42 Å². The quantitative estimate of drug-likeness (QED) is 0.782. The molecule has 0 bridgehead atoms. The van der Waals surface area contributed by atoms with Crippen molar-refractivity contribution in [2.75, 3.05) is 6.26 Å². The van der Waals surface area contributed by atoms with E-state index in [0.29, 0.717) is 16.9 Å². The maximum absolute atomic E-state index is 12.2. The van der Waals surface area contributed by atoms with Crippen LogP contribution in [0.1, 0.15) is 31.3 Å². The molecule has 0 aliphatic rings. The zero-order valence-corrected chi connectivity index (χ0v) is 14.4. The lowest BCUT2D eigenvalue weighted by Crippen LogP contribution is -2.33. The maximum Gasteiger partial charge on any atom is 0.277 e. The van der Waals surface area contributed by atoms with Crippen LogP contribution < -0.4 is 5.32 Å². The zero-order valence-electron chi connectivity index (χ0n) is 12.8. The van der Waals surface area contributed by atoms with Gasteiger partial charge in [-0.1, -0.05) is 42.1 Å². The molecule has 22 heavy (non-hydrogen) atoms. The van der Waals surface area contributed by atoms with Crippen molar-refractivity contribution in [1.82, 2.24) is 15.5 Å². The Kier molecular flexibility index (Phi) is 6.33. The topological polar surface area (TPSA) is 68.0 Å². The highest BCUT2D eigenvalue weighted by molar-refractivity contribution is 8.00. The fourth-order valence-corrected chi connectivity index (χ4v) is 2.90. The van der Waals surface area contributed by atoms with Gasteiger partial charge >= 0.3 is 0 Å². The third-order valence-electron chi connectivity index (χ3n) is 3.02. The molecule has 7 heteroatoms. The van der Waals surface area contributed by atoms with Crippen molar-refractivity contribution in [2.24, 2.45) is 0 Å². The average Bonchev–Trinajstić information content (AvgIpc) is 2.95. The Hall–Kier alpha value is -1.47. The molecular weight excluding hydrogens is 318 g/mol. The molecule has 1 aromatic heterocycles. The van der Waals surface area contributed by atoms with Crippen LogP contribution in [0.5, 0.6) is 0 Å². The van der Waals surface area contributed by atoms with Crippen molar-refractivity contribution in [2.45, 2.75) is 36.1 Å². The fraction of sp³-hybridized carbons (Fsp3) is 0.400. The molecule has 5 nitrogen and oxygen atoms in total. The number of rotatable bonds is 7. The molecular formula is C15H19N3O2S2. The Morgan fingerprint density at radius 2 is 2.00 bits per heavy atom. The number of thioether (sulfide) groups is 2. The van der Waals surface area contributed by atoms with Crippen LogP contribution >= 0.6 is 23.5 Å². The van der Waals surface area contributed by atoms with Crippen molar-refractivity contribution >= 4 is 29.4 Å². The Morgan fingerprint density at radius 1 is 1.27 bits per heavy atom. The van der Waals surface area contributed by atoms with Gasteiger partial charge in [0.2, 0.25) is 11.8 Å². The summed E-state index contributed by atoms with van der Waals surface area (Å²) in [5.41, 5.74) is 1.08. The molecule has 2 unspecified atom stereocenters. The molecule has 1 heterocycles. The first-order valence-electron chi connectivity index (χ1n) is 6.93. The monoisotopic (exact) mass is 337 g/mol. The van der Waals surface area contributed by atoms with Gasteiger partial charge in [-0.25, -0.2) is 0 Å². The number of carbonyl (C=O) groups excluding carboxylic acids is 1. The number of amides is 1. The smallest absolute Gasteiger partial charge is 0.277 e. The van der Waals surface area contributed by atoms with E-state index in [1.165, 1.54) is 11.8 Å². The van der Waals surface area contributed by atoms with Crippen molar-refractivity contribution in [3.8, 4) is 0 Å². The second kappa shape index (κ2) is 8.24. The number of benzene rings is 1. The summed E-state index contributed by atoms with van der Waals surface area (Å²) in [6, 6.07) is 9.83. The Balaban J connectivity index is 1.88. The average molecular weight is 337 g/mol. The van der Waals surface area contributed by atoms with E-state index in [2.05, 4.69) is 15.5 Å². The summed E-state index contributed by atoms with van der Waals surface area (Å²) in [4.78, 5) is 12.2. The number of nitrogens with zero attached hydrogens (tertiary/aromatic N) is 2. The molecule has 0 aliphatic carbocycles. The summed E-state index contributed by atoms with van der Waals surface area (Å²) in [7, 11) is 0. The van der Waals surface area contributed by atoms with E-state index < -0.39 is 0 Å². The van der Waals surface area contributed by atoms with Gasteiger partial charge in [-0.05, 0) is 25.7 Å². The summed E-state index contributed by atoms with van der Waals surface area (Å²) in [5.74, 6) is 1.21. The highest BCUT2D eigenvalue weighted by Gasteiger charge is 2.20. The lowest BCUT2D eigenvalue weighted by Gasteiger charge is -2.16. The van der Waals surface area contributed by atoms with E-state index in [0.717, 1.165) is 5.56 Å². The molecule has 0 spiro atoms. The lowest BCUT2D eigenvalue weighted by atomic mass is 10.1. The molecule has 0 aliphatic heterocycles. The van der Waals surface area contributed by atoms with Crippen LogP contribution in [0.2, 0.25) is 0 Å². The van der Waals surface area contributed by atoms with E-state index in [1.54, 1.807) is 11.8 Å². The van der Waals surface area contributed by atoms with Crippen LogP contribution in [-0.2, 0) is 10.5 Å². The van der Waals surface area contributed by atoms with Gasteiger partial charge in [-0.15, -0.1) is 10.2 Å². The molecule has 0 radical (unpaired) electrons. The molecule has 0 saturated heterocycles. The van der Waals surface area contributed by atoms with Gasteiger partial charge in [-0.2, -0.15) is 11.8 Å². The molecule has 2 atom stereocenters. The number of carbonyl (C=O) groups is 1. The van der Waals surface area contributed by atoms with Gasteiger partial charge in [0, 0.05) is 0 Å². The first-order chi connectivity index (χ1) is 10.6. The summed E-state index contributed by atoms with van der Waals surface area (Å²) >= 11 is 2.89. The Labute approximate surface area is 138 Å². The number of aromatic nitrogens is 2. The maximum atomic E-state index is 12.2. The van der Waals surface area contributed by atoms with Crippen molar-refractivity contribution in [3.05, 3.63) is 41.8 Å². The van der Waals surface area contributed by atoms with E-state index in [9.17, 15) is 4.79 Å². The van der Waals surface area contributed by atoms with Crippen molar-refractivity contribution in [3.63, 3.8) is 0 Å². The first kappa shape index (κ1) is 16.9. The standard InChI is InChI=1S/C15H19N3O2S2/c1-10(12-7-5-4-6-8-12)16-14(19)11(2)22-15-18-17-13(20-15)9-21-3/h4-8,10-11H,9H2,1-3H3,(H,16,19).